The Kier molecular flexibility index (Phi) is 6.48. The van der Waals surface area contributed by atoms with Crippen LogP contribution in [0.5, 0.6) is 11.5 Å². The molecule has 0 saturated carbocycles. The van der Waals surface area contributed by atoms with Crippen LogP contribution in [-0.4, -0.2) is 73.4 Å². The van der Waals surface area contributed by atoms with Crippen molar-refractivity contribution >= 4 is 5.91 Å². The summed E-state index contributed by atoms with van der Waals surface area (Å²) in [5, 5.41) is 8.91. The van der Waals surface area contributed by atoms with E-state index >= 15 is 0 Å². The van der Waals surface area contributed by atoms with Crippen LogP contribution >= 0.6 is 0 Å². The number of benzene rings is 1. The average molecular weight is 308 g/mol. The van der Waals surface area contributed by atoms with E-state index in [-0.39, 0.29) is 19.1 Å². The van der Waals surface area contributed by atoms with E-state index in [1.807, 2.05) is 24.0 Å². The third-order valence-electron chi connectivity index (χ3n) is 3.64. The van der Waals surface area contributed by atoms with Crippen molar-refractivity contribution in [2.24, 2.45) is 0 Å². The van der Waals surface area contributed by atoms with Gasteiger partial charge in [0.25, 0.3) is 5.91 Å². The van der Waals surface area contributed by atoms with Crippen molar-refractivity contribution in [3.8, 4) is 11.5 Å². The summed E-state index contributed by atoms with van der Waals surface area (Å²) >= 11 is 0. The highest BCUT2D eigenvalue weighted by atomic mass is 16.5. The molecular weight excluding hydrogens is 284 g/mol. The quantitative estimate of drug-likeness (QED) is 0.799. The first-order chi connectivity index (χ1) is 10.7. The largest absolute Gasteiger partial charge is 0.494 e. The van der Waals surface area contributed by atoms with Gasteiger partial charge in [-0.25, -0.2) is 0 Å². The predicted molar refractivity (Wildman–Crippen MR) is 83.2 cm³/mol. The van der Waals surface area contributed by atoms with Gasteiger partial charge >= 0.3 is 0 Å². The first kappa shape index (κ1) is 16.6. The number of carbonyl (C=O) groups is 1. The molecule has 1 heterocycles. The molecule has 1 aromatic carbocycles. The molecule has 122 valence electrons. The number of piperazine rings is 1. The molecule has 1 amide bonds. The van der Waals surface area contributed by atoms with Crippen LogP contribution in [0.25, 0.3) is 0 Å². The summed E-state index contributed by atoms with van der Waals surface area (Å²) in [6, 6.07) is 7.27. The number of ether oxygens (including phenoxy) is 2. The minimum atomic E-state index is -0.00228. The smallest absolute Gasteiger partial charge is 0.260 e. The second-order valence-electron chi connectivity index (χ2n) is 5.14. The number of nitrogens with zero attached hydrogens (tertiary/aromatic N) is 2. The van der Waals surface area contributed by atoms with Gasteiger partial charge in [0.1, 0.15) is 11.5 Å². The molecule has 1 N–H and O–H groups in total. The van der Waals surface area contributed by atoms with Crippen LogP contribution in [0.3, 0.4) is 0 Å². The van der Waals surface area contributed by atoms with Crippen molar-refractivity contribution in [1.82, 2.24) is 9.80 Å². The summed E-state index contributed by atoms with van der Waals surface area (Å²) in [5.74, 6) is 1.45. The van der Waals surface area contributed by atoms with Crippen LogP contribution in [0.2, 0.25) is 0 Å². The molecule has 1 fully saturated rings. The van der Waals surface area contributed by atoms with Gasteiger partial charge in [-0.3, -0.25) is 9.69 Å². The molecule has 1 aliphatic heterocycles. The lowest BCUT2D eigenvalue weighted by molar-refractivity contribution is -0.135. The monoisotopic (exact) mass is 308 g/mol. The first-order valence-electron chi connectivity index (χ1n) is 7.69. The zero-order valence-corrected chi connectivity index (χ0v) is 13.0. The van der Waals surface area contributed by atoms with Gasteiger partial charge in [0.15, 0.2) is 6.61 Å². The molecule has 0 spiro atoms. The van der Waals surface area contributed by atoms with Crippen molar-refractivity contribution in [3.05, 3.63) is 24.3 Å². The molecule has 1 aromatic rings. The fourth-order valence-corrected chi connectivity index (χ4v) is 2.40. The third kappa shape index (κ3) is 4.89. The fourth-order valence-electron chi connectivity index (χ4n) is 2.40. The Hall–Kier alpha value is -1.79. The number of amides is 1. The Morgan fingerprint density at radius 3 is 2.23 bits per heavy atom. The third-order valence-corrected chi connectivity index (χ3v) is 3.64. The topological polar surface area (TPSA) is 62.2 Å². The zero-order chi connectivity index (χ0) is 15.8. The van der Waals surface area contributed by atoms with E-state index in [0.717, 1.165) is 18.8 Å². The maximum Gasteiger partial charge on any atom is 0.260 e. The second-order valence-corrected chi connectivity index (χ2v) is 5.14. The van der Waals surface area contributed by atoms with Crippen LogP contribution in [-0.2, 0) is 4.79 Å². The number of carbonyl (C=O) groups excluding carboxylic acids is 1. The SMILES string of the molecule is CCOc1ccc(OCC(=O)N2CCN(CCO)CC2)cc1. The highest BCUT2D eigenvalue weighted by Crippen LogP contribution is 2.17. The van der Waals surface area contributed by atoms with E-state index < -0.39 is 0 Å². The Morgan fingerprint density at radius 1 is 1.09 bits per heavy atom. The van der Waals surface area contributed by atoms with Gasteiger partial charge in [0.05, 0.1) is 13.2 Å². The lowest BCUT2D eigenvalue weighted by Gasteiger charge is -2.34. The molecule has 22 heavy (non-hydrogen) atoms. The van der Waals surface area contributed by atoms with Crippen LogP contribution in [0.15, 0.2) is 24.3 Å². The summed E-state index contributed by atoms with van der Waals surface area (Å²) in [6.45, 7) is 6.42. The standard InChI is InChI=1S/C16H24N2O4/c1-2-21-14-3-5-15(6-4-14)22-13-16(20)18-9-7-17(8-10-18)11-12-19/h3-6,19H,2,7-13H2,1H3. The molecule has 0 bridgehead atoms. The molecule has 0 atom stereocenters. The number of rotatable bonds is 7. The van der Waals surface area contributed by atoms with Crippen LogP contribution in [0.4, 0.5) is 0 Å². The Labute approximate surface area is 131 Å². The second kappa shape index (κ2) is 8.60. The predicted octanol–water partition coefficient (Wildman–Crippen LogP) is 0.601. The number of hydrogen-bond acceptors (Lipinski definition) is 5. The lowest BCUT2D eigenvalue weighted by atomic mass is 10.3. The number of β-amino-alcohol motifs (C(OH)–C–C–N with tert-alkyl or cyclic N) is 1. The minimum Gasteiger partial charge on any atom is -0.494 e. The van der Waals surface area contributed by atoms with Gasteiger partial charge in [-0.1, -0.05) is 0 Å². The fraction of sp³-hybridized carbons (Fsp3) is 0.562. The van der Waals surface area contributed by atoms with Crippen molar-refractivity contribution < 1.29 is 19.4 Å². The molecule has 0 aromatic heterocycles. The maximum absolute atomic E-state index is 12.1. The van der Waals surface area contributed by atoms with Crippen molar-refractivity contribution in [3.63, 3.8) is 0 Å². The minimum absolute atomic E-state index is 0.00228. The van der Waals surface area contributed by atoms with Crippen LogP contribution in [0.1, 0.15) is 6.92 Å². The Morgan fingerprint density at radius 2 is 1.68 bits per heavy atom. The van der Waals surface area contributed by atoms with E-state index in [0.29, 0.717) is 32.0 Å². The van der Waals surface area contributed by atoms with Crippen molar-refractivity contribution in [1.29, 1.82) is 0 Å². The van der Waals surface area contributed by atoms with Gasteiger partial charge in [-0.05, 0) is 31.2 Å². The van der Waals surface area contributed by atoms with E-state index in [4.69, 9.17) is 14.6 Å². The normalized spacial score (nSPS) is 15.6. The maximum atomic E-state index is 12.1. The number of aliphatic hydroxyl groups excluding tert-OH is 1. The molecule has 6 heteroatoms. The van der Waals surface area contributed by atoms with E-state index in [1.54, 1.807) is 12.1 Å². The highest BCUT2D eigenvalue weighted by Gasteiger charge is 2.20. The average Bonchev–Trinajstić information content (AvgIpc) is 2.55. The molecule has 6 nitrogen and oxygen atoms in total. The molecule has 1 aliphatic rings. The molecule has 0 unspecified atom stereocenters. The van der Waals surface area contributed by atoms with Gasteiger partial charge < -0.3 is 19.5 Å². The number of aliphatic hydroxyl groups is 1. The molecule has 0 aliphatic carbocycles. The van der Waals surface area contributed by atoms with Gasteiger partial charge in [-0.15, -0.1) is 0 Å². The van der Waals surface area contributed by atoms with Crippen molar-refractivity contribution in [2.75, 3.05) is 52.5 Å². The summed E-state index contributed by atoms with van der Waals surface area (Å²) < 4.78 is 10.9. The molecule has 1 saturated heterocycles. The first-order valence-corrected chi connectivity index (χ1v) is 7.69. The highest BCUT2D eigenvalue weighted by molar-refractivity contribution is 5.77. The van der Waals surface area contributed by atoms with E-state index in [9.17, 15) is 4.79 Å². The molecule has 2 rings (SSSR count). The number of hydrogen-bond donors (Lipinski definition) is 1. The van der Waals surface area contributed by atoms with Gasteiger partial charge in [-0.2, -0.15) is 0 Å². The Balaban J connectivity index is 1.73. The lowest BCUT2D eigenvalue weighted by Crippen LogP contribution is -2.50. The van der Waals surface area contributed by atoms with Crippen LogP contribution in [0, 0.1) is 0 Å². The Bertz CT molecular complexity index is 456. The van der Waals surface area contributed by atoms with Crippen LogP contribution < -0.4 is 9.47 Å². The summed E-state index contributed by atoms with van der Waals surface area (Å²) in [6.07, 6.45) is 0. The summed E-state index contributed by atoms with van der Waals surface area (Å²) in [5.41, 5.74) is 0. The summed E-state index contributed by atoms with van der Waals surface area (Å²) in [4.78, 5) is 16.1. The van der Waals surface area contributed by atoms with Gasteiger partial charge in [0.2, 0.25) is 0 Å². The van der Waals surface area contributed by atoms with E-state index in [2.05, 4.69) is 4.90 Å². The zero-order valence-electron chi connectivity index (χ0n) is 13.0. The summed E-state index contributed by atoms with van der Waals surface area (Å²) in [7, 11) is 0. The molecule has 0 radical (unpaired) electrons. The van der Waals surface area contributed by atoms with E-state index in [1.165, 1.54) is 0 Å². The van der Waals surface area contributed by atoms with Gasteiger partial charge in [0, 0.05) is 32.7 Å². The molecular formula is C16H24N2O4. The van der Waals surface area contributed by atoms with Crippen molar-refractivity contribution in [2.45, 2.75) is 6.92 Å².